The molecule has 0 spiro atoms. The van der Waals surface area contributed by atoms with Gasteiger partial charge in [-0.05, 0) is 32.1 Å². The molecule has 0 radical (unpaired) electrons. The number of anilines is 2. The lowest BCUT2D eigenvalue weighted by Gasteiger charge is -2.26. The minimum absolute atomic E-state index is 0.152. The van der Waals surface area contributed by atoms with Crippen LogP contribution in [0.1, 0.15) is 39.0 Å². The molecule has 7 heteroatoms. The number of nitrogens with two attached hydrogens (primary N) is 1. The van der Waals surface area contributed by atoms with Crippen LogP contribution in [0.3, 0.4) is 0 Å². The van der Waals surface area contributed by atoms with Crippen molar-refractivity contribution in [3.8, 4) is 6.01 Å². The lowest BCUT2D eigenvalue weighted by Crippen LogP contribution is -2.29. The molecule has 0 bridgehead atoms. The van der Waals surface area contributed by atoms with Gasteiger partial charge in [-0.1, -0.05) is 6.92 Å². The van der Waals surface area contributed by atoms with Gasteiger partial charge in [0, 0.05) is 6.04 Å². The Hall–Kier alpha value is -1.63. The summed E-state index contributed by atoms with van der Waals surface area (Å²) in [6.07, 6.45) is 4.12. The Morgan fingerprint density at radius 3 is 2.68 bits per heavy atom. The van der Waals surface area contributed by atoms with E-state index in [1.54, 1.807) is 0 Å². The topological polar surface area (TPSA) is 106 Å². The molecule has 1 heterocycles. The van der Waals surface area contributed by atoms with Gasteiger partial charge in [-0.2, -0.15) is 15.0 Å². The number of rotatable bonds is 5. The third-order valence-electron chi connectivity index (χ3n) is 3.10. The fourth-order valence-electron chi connectivity index (χ4n) is 2.10. The van der Waals surface area contributed by atoms with Crippen molar-refractivity contribution in [2.45, 2.75) is 51.2 Å². The van der Waals surface area contributed by atoms with E-state index in [4.69, 9.17) is 10.5 Å². The molecule has 0 saturated heterocycles. The van der Waals surface area contributed by atoms with E-state index in [0.29, 0.717) is 12.6 Å². The minimum atomic E-state index is -0.176. The summed E-state index contributed by atoms with van der Waals surface area (Å²) in [7, 11) is 0. The van der Waals surface area contributed by atoms with Crippen LogP contribution in [0.25, 0.3) is 0 Å². The Labute approximate surface area is 112 Å². The molecule has 1 aliphatic rings. The lowest BCUT2D eigenvalue weighted by atomic mass is 9.93. The van der Waals surface area contributed by atoms with Crippen molar-refractivity contribution in [2.24, 2.45) is 0 Å². The van der Waals surface area contributed by atoms with Gasteiger partial charge in [0.15, 0.2) is 0 Å². The largest absolute Gasteiger partial charge is 0.463 e. The second kappa shape index (κ2) is 6.51. The molecule has 106 valence electrons. The standard InChI is InChI=1S/C12H21N5O2/c1-2-7-19-12-16-10(13)15-11(17-12)14-8-3-5-9(18)6-4-8/h8-9,18H,2-7H2,1H3,(H3,13,14,15,16,17). The van der Waals surface area contributed by atoms with E-state index in [9.17, 15) is 5.11 Å². The molecule has 1 aromatic rings. The molecule has 1 fully saturated rings. The highest BCUT2D eigenvalue weighted by Gasteiger charge is 2.20. The highest BCUT2D eigenvalue weighted by Crippen LogP contribution is 2.21. The molecule has 4 N–H and O–H groups in total. The fourth-order valence-corrected chi connectivity index (χ4v) is 2.10. The van der Waals surface area contributed by atoms with E-state index in [1.807, 2.05) is 6.92 Å². The van der Waals surface area contributed by atoms with Gasteiger partial charge in [-0.15, -0.1) is 0 Å². The number of nitrogens with zero attached hydrogens (tertiary/aromatic N) is 3. The van der Waals surface area contributed by atoms with Crippen molar-refractivity contribution in [2.75, 3.05) is 17.7 Å². The van der Waals surface area contributed by atoms with Gasteiger partial charge in [0.2, 0.25) is 11.9 Å². The summed E-state index contributed by atoms with van der Waals surface area (Å²) < 4.78 is 5.36. The molecule has 19 heavy (non-hydrogen) atoms. The maximum absolute atomic E-state index is 9.47. The average molecular weight is 267 g/mol. The highest BCUT2D eigenvalue weighted by molar-refractivity contribution is 5.33. The summed E-state index contributed by atoms with van der Waals surface area (Å²) >= 11 is 0. The first-order valence-corrected chi connectivity index (χ1v) is 6.76. The number of aliphatic hydroxyl groups excluding tert-OH is 1. The van der Waals surface area contributed by atoms with Crippen LogP contribution in [0.5, 0.6) is 6.01 Å². The summed E-state index contributed by atoms with van der Waals surface area (Å²) in [5, 5.41) is 12.7. The second-order valence-corrected chi connectivity index (χ2v) is 4.80. The molecule has 7 nitrogen and oxygen atoms in total. The molecule has 1 aliphatic carbocycles. The van der Waals surface area contributed by atoms with E-state index in [1.165, 1.54) is 0 Å². The van der Waals surface area contributed by atoms with Crippen molar-refractivity contribution in [1.29, 1.82) is 0 Å². The van der Waals surface area contributed by atoms with Crippen LogP contribution in [-0.2, 0) is 0 Å². The van der Waals surface area contributed by atoms with Gasteiger partial charge in [0.05, 0.1) is 12.7 Å². The number of nitrogens with one attached hydrogen (secondary N) is 1. The van der Waals surface area contributed by atoms with E-state index in [0.717, 1.165) is 32.1 Å². The summed E-state index contributed by atoms with van der Waals surface area (Å²) in [6.45, 7) is 2.57. The first-order chi connectivity index (χ1) is 9.17. The summed E-state index contributed by atoms with van der Waals surface area (Å²) in [5.41, 5.74) is 5.64. The van der Waals surface area contributed by atoms with Gasteiger partial charge in [0.1, 0.15) is 0 Å². The molecule has 2 rings (SSSR count). The number of hydrogen-bond donors (Lipinski definition) is 3. The molecule has 1 saturated carbocycles. The van der Waals surface area contributed by atoms with Gasteiger partial charge >= 0.3 is 6.01 Å². The molecule has 0 atom stereocenters. The average Bonchev–Trinajstić information content (AvgIpc) is 2.38. The summed E-state index contributed by atoms with van der Waals surface area (Å²) in [4.78, 5) is 12.2. The van der Waals surface area contributed by atoms with Crippen molar-refractivity contribution in [3.63, 3.8) is 0 Å². The molecule has 1 aromatic heterocycles. The number of aromatic nitrogens is 3. The Morgan fingerprint density at radius 1 is 1.26 bits per heavy atom. The first-order valence-electron chi connectivity index (χ1n) is 6.76. The highest BCUT2D eigenvalue weighted by atomic mass is 16.5. The third kappa shape index (κ3) is 4.20. The Bertz CT molecular complexity index is 407. The zero-order chi connectivity index (χ0) is 13.7. The van der Waals surface area contributed by atoms with Crippen LogP contribution in [0, 0.1) is 0 Å². The Balaban J connectivity index is 1.97. The normalized spacial score (nSPS) is 23.1. The Kier molecular flexibility index (Phi) is 4.73. The minimum Gasteiger partial charge on any atom is -0.463 e. The van der Waals surface area contributed by atoms with Crippen LogP contribution in [0.15, 0.2) is 0 Å². The smallest absolute Gasteiger partial charge is 0.323 e. The maximum atomic E-state index is 9.47. The van der Waals surface area contributed by atoms with Crippen molar-refractivity contribution < 1.29 is 9.84 Å². The van der Waals surface area contributed by atoms with E-state index >= 15 is 0 Å². The molecule has 0 amide bonds. The fraction of sp³-hybridized carbons (Fsp3) is 0.750. The van der Waals surface area contributed by atoms with Crippen LogP contribution in [0.2, 0.25) is 0 Å². The van der Waals surface area contributed by atoms with Gasteiger partial charge in [0.25, 0.3) is 0 Å². The van der Waals surface area contributed by atoms with Crippen LogP contribution in [-0.4, -0.2) is 38.8 Å². The van der Waals surface area contributed by atoms with Gasteiger partial charge < -0.3 is 20.9 Å². The molecule has 0 unspecified atom stereocenters. The van der Waals surface area contributed by atoms with E-state index < -0.39 is 0 Å². The van der Waals surface area contributed by atoms with Crippen LogP contribution in [0.4, 0.5) is 11.9 Å². The second-order valence-electron chi connectivity index (χ2n) is 4.80. The van der Waals surface area contributed by atoms with E-state index in [-0.39, 0.29) is 24.1 Å². The molecular weight excluding hydrogens is 246 g/mol. The third-order valence-corrected chi connectivity index (χ3v) is 3.10. The van der Waals surface area contributed by atoms with Crippen molar-refractivity contribution in [1.82, 2.24) is 15.0 Å². The predicted molar refractivity (Wildman–Crippen MR) is 71.9 cm³/mol. The number of ether oxygens (including phenoxy) is 1. The van der Waals surface area contributed by atoms with Crippen molar-refractivity contribution >= 4 is 11.9 Å². The number of aliphatic hydroxyl groups is 1. The zero-order valence-electron chi connectivity index (χ0n) is 11.2. The Morgan fingerprint density at radius 2 is 2.00 bits per heavy atom. The summed E-state index contributed by atoms with van der Waals surface area (Å²) in [5.74, 6) is 0.597. The van der Waals surface area contributed by atoms with Gasteiger partial charge in [-0.3, -0.25) is 0 Å². The lowest BCUT2D eigenvalue weighted by molar-refractivity contribution is 0.126. The molecule has 0 aromatic carbocycles. The van der Waals surface area contributed by atoms with Crippen LogP contribution >= 0.6 is 0 Å². The number of nitrogen functional groups attached to an aromatic ring is 1. The quantitative estimate of drug-likeness (QED) is 0.729. The zero-order valence-corrected chi connectivity index (χ0v) is 11.2. The molecule has 0 aliphatic heterocycles. The monoisotopic (exact) mass is 267 g/mol. The first kappa shape index (κ1) is 13.8. The van der Waals surface area contributed by atoms with Crippen LogP contribution < -0.4 is 15.8 Å². The van der Waals surface area contributed by atoms with E-state index in [2.05, 4.69) is 20.3 Å². The SMILES string of the molecule is CCCOc1nc(N)nc(NC2CCC(O)CC2)n1. The van der Waals surface area contributed by atoms with Gasteiger partial charge in [-0.25, -0.2) is 0 Å². The predicted octanol–water partition coefficient (Wildman–Crippen LogP) is 0.958. The summed E-state index contributed by atoms with van der Waals surface area (Å²) in [6, 6.07) is 0.525. The molecular formula is C12H21N5O2. The number of hydrogen-bond acceptors (Lipinski definition) is 7. The van der Waals surface area contributed by atoms with Crippen molar-refractivity contribution in [3.05, 3.63) is 0 Å². The maximum Gasteiger partial charge on any atom is 0.323 e.